The molecule has 8 aromatic rings. The molecule has 0 saturated carbocycles. The van der Waals surface area contributed by atoms with Crippen LogP contribution in [0.4, 0.5) is 0 Å². The normalized spacial score (nSPS) is 14.3. The van der Waals surface area contributed by atoms with Crippen molar-refractivity contribution in [2.45, 2.75) is 119 Å². The number of rotatable bonds is 59. The lowest BCUT2D eigenvalue weighted by atomic mass is 10.2. The molecular weight excluding hydrogens is 1680 g/mol. The monoisotopic (exact) mass is 1840 g/mol. The van der Waals surface area contributed by atoms with E-state index in [1.54, 1.807) is 0 Å². The average molecular weight is 1840 g/mol. The minimum Gasteiger partial charge on any atom is -0.379 e. The van der Waals surface area contributed by atoms with E-state index < -0.39 is 0 Å². The molecule has 4 aliphatic rings. The standard InChI is InChI=1S/C23H32N2OS.C23H32N2S.C16H26N2OS.C16H26N2S.C15H26N2S.C14H24N2S/c1-3-8-22(9-4-1)20-25(13-7-12-24-14-17-26-18-15-24)16-19-27-21-23-10-5-2-6-11-23;1-3-10-22(11-4-1)20-25(17-9-16-24-14-7-8-15-24)18-19-26-21-23-12-5-2-6-13-23;1-2-5-16(6-3-1)15-20-14-8-17-7-4-9-18-10-12-19-13-11-18;1-2-7-16(8-3-1)15-19-14-10-17-9-6-13-18-11-4-5-12-18;1-3-17(2)12-7-10-16-11-13-18-14-15-8-5-4-6-9-15;1-16(2)11-6-9-15-10-12-17-13-14-7-4-3-5-8-14/h1-6,8-11H,7,12-21H2;1-6,10-13H,7-9,14-21H2;1-3,5-6,17H,4,7-15H2;1-3,7-8,17H,4-6,9-15H2;4-6,8-9,16H,3,7,10-14H2,1-2H3;3-5,7-8,15H,6,9-13H2,1-2H3. The number of nitrogens with one attached hydrogen (secondary N) is 4. The molecule has 0 amide bonds. The molecule has 0 unspecified atom stereocenters. The highest BCUT2D eigenvalue weighted by Crippen LogP contribution is 2.20. The molecule has 0 radical (unpaired) electrons. The molecule has 4 saturated heterocycles. The quantitative estimate of drug-likeness (QED) is 0.0272. The second-order valence-corrected chi connectivity index (χ2v) is 40.2. The van der Waals surface area contributed by atoms with Crippen LogP contribution >= 0.6 is 70.6 Å². The van der Waals surface area contributed by atoms with Gasteiger partial charge in [-0.3, -0.25) is 19.6 Å². The maximum Gasteiger partial charge on any atom is 0.0594 e. The van der Waals surface area contributed by atoms with Crippen LogP contribution in [0.5, 0.6) is 0 Å². The number of nitrogens with zero attached hydrogens (tertiary/aromatic N) is 8. The molecule has 702 valence electrons. The summed E-state index contributed by atoms with van der Waals surface area (Å²) in [4.78, 5) is 20.1. The zero-order valence-electron chi connectivity index (χ0n) is 78.8. The lowest BCUT2D eigenvalue weighted by Gasteiger charge is -2.28. The number of likely N-dealkylation sites (tertiary alicyclic amines) is 2. The van der Waals surface area contributed by atoms with Gasteiger partial charge in [0.25, 0.3) is 0 Å². The fourth-order valence-corrected chi connectivity index (χ4v) is 20.3. The number of benzene rings is 8. The first-order chi connectivity index (χ1) is 62.8. The van der Waals surface area contributed by atoms with Gasteiger partial charge >= 0.3 is 0 Å². The molecule has 4 aliphatic heterocycles. The molecule has 0 atom stereocenters. The molecule has 12 rings (SSSR count). The summed E-state index contributed by atoms with van der Waals surface area (Å²) in [5.74, 6) is 13.9. The summed E-state index contributed by atoms with van der Waals surface area (Å²) in [6.07, 6.45) is 13.1. The lowest BCUT2D eigenvalue weighted by Crippen LogP contribution is -2.38. The summed E-state index contributed by atoms with van der Waals surface area (Å²) in [7, 11) is 6.42. The van der Waals surface area contributed by atoms with Gasteiger partial charge in [-0.25, -0.2) is 0 Å². The first kappa shape index (κ1) is 109. The van der Waals surface area contributed by atoms with E-state index in [0.29, 0.717) is 0 Å². The van der Waals surface area contributed by atoms with Gasteiger partial charge in [-0.05, 0) is 241 Å². The Morgan fingerprint density at radius 3 is 0.780 bits per heavy atom. The lowest BCUT2D eigenvalue weighted by molar-refractivity contribution is 0.0361. The minimum atomic E-state index is 0.893. The third kappa shape index (κ3) is 60.2. The van der Waals surface area contributed by atoms with Gasteiger partial charge in [-0.15, -0.1) is 0 Å². The van der Waals surface area contributed by atoms with Crippen LogP contribution in [0, 0.1) is 0 Å². The fraction of sp³-hybridized carbons (Fsp3) is 0.551. The SMILES string of the molecule is CCN(C)CCCNCCSCc1ccccc1.CN(C)CCCNCCSCc1ccccc1.c1ccc(CSCCN(CCCN2CCCC2)Cc2ccccc2)cc1.c1ccc(CSCCN(CCCN2CCOCC2)Cc2ccccc2)cc1.c1ccc(CSCCNCCCN2CCCC2)cc1.c1ccc(CSCCNCCCN2CCOCC2)cc1. The Hall–Kier alpha value is -4.70. The predicted octanol–water partition coefficient (Wildman–Crippen LogP) is 19.6. The van der Waals surface area contributed by atoms with Gasteiger partial charge in [0.2, 0.25) is 0 Å². The largest absolute Gasteiger partial charge is 0.379 e. The highest BCUT2D eigenvalue weighted by Gasteiger charge is 2.16. The van der Waals surface area contributed by atoms with Crippen LogP contribution in [0.2, 0.25) is 0 Å². The molecule has 0 spiro atoms. The summed E-state index contributed by atoms with van der Waals surface area (Å²) in [6, 6.07) is 86.2. The average Bonchev–Trinajstić information content (AvgIpc) is 1.60. The van der Waals surface area contributed by atoms with Crippen LogP contribution in [0.15, 0.2) is 243 Å². The number of ether oxygens (including phenoxy) is 2. The van der Waals surface area contributed by atoms with E-state index in [0.717, 1.165) is 166 Å². The van der Waals surface area contributed by atoms with Crippen LogP contribution in [0.3, 0.4) is 0 Å². The molecule has 4 N–H and O–H groups in total. The van der Waals surface area contributed by atoms with Gasteiger partial charge in [0, 0.05) is 148 Å². The molecular formula is C107H166N12O2S6. The van der Waals surface area contributed by atoms with Gasteiger partial charge in [0.15, 0.2) is 0 Å². The van der Waals surface area contributed by atoms with E-state index in [9.17, 15) is 0 Å². The van der Waals surface area contributed by atoms with Crippen molar-refractivity contribution < 1.29 is 9.47 Å². The van der Waals surface area contributed by atoms with Crippen molar-refractivity contribution >= 4 is 70.6 Å². The first-order valence-corrected chi connectivity index (χ1v) is 55.2. The topological polar surface area (TPSA) is 92.5 Å². The van der Waals surface area contributed by atoms with Crippen molar-refractivity contribution in [3.63, 3.8) is 0 Å². The van der Waals surface area contributed by atoms with Crippen LogP contribution in [-0.4, -0.2) is 298 Å². The Labute approximate surface area is 799 Å². The molecule has 14 nitrogen and oxygen atoms in total. The summed E-state index contributed by atoms with van der Waals surface area (Å²) >= 11 is 12.1. The Morgan fingerprint density at radius 1 is 0.260 bits per heavy atom. The van der Waals surface area contributed by atoms with E-state index in [-0.39, 0.29) is 0 Å². The maximum absolute atomic E-state index is 5.45. The fourth-order valence-electron chi connectivity index (χ4n) is 15.0. The van der Waals surface area contributed by atoms with E-state index in [2.05, 4.69) is 343 Å². The van der Waals surface area contributed by atoms with Gasteiger partial charge in [0.05, 0.1) is 26.4 Å². The van der Waals surface area contributed by atoms with Crippen molar-refractivity contribution in [2.75, 3.05) is 259 Å². The summed E-state index contributed by atoms with van der Waals surface area (Å²) in [5.41, 5.74) is 11.4. The number of morpholine rings is 2. The summed E-state index contributed by atoms with van der Waals surface area (Å²) < 4.78 is 10.8. The second-order valence-electron chi connectivity index (χ2n) is 33.6. The maximum atomic E-state index is 5.45. The third-order valence-corrected chi connectivity index (χ3v) is 28.7. The van der Waals surface area contributed by atoms with Gasteiger partial charge in [-0.2, -0.15) is 70.6 Å². The molecule has 0 aromatic heterocycles. The van der Waals surface area contributed by atoms with E-state index in [1.807, 2.05) is 58.8 Å². The number of thioether (sulfide) groups is 6. The highest BCUT2D eigenvalue weighted by atomic mass is 32.2. The van der Waals surface area contributed by atoms with E-state index in [1.165, 1.54) is 228 Å². The van der Waals surface area contributed by atoms with Crippen LogP contribution in [-0.2, 0) is 57.1 Å². The Balaban J connectivity index is 0.000000211. The van der Waals surface area contributed by atoms with E-state index in [4.69, 9.17) is 9.47 Å². The molecule has 4 heterocycles. The van der Waals surface area contributed by atoms with Crippen molar-refractivity contribution in [1.29, 1.82) is 0 Å². The van der Waals surface area contributed by atoms with Gasteiger partial charge in [0.1, 0.15) is 0 Å². The Kier molecular flexibility index (Phi) is 66.9. The van der Waals surface area contributed by atoms with Gasteiger partial charge in [-0.1, -0.05) is 250 Å². The van der Waals surface area contributed by atoms with Crippen LogP contribution in [0.25, 0.3) is 0 Å². The van der Waals surface area contributed by atoms with Gasteiger partial charge < -0.3 is 50.3 Å². The minimum absolute atomic E-state index is 0.893. The van der Waals surface area contributed by atoms with Crippen molar-refractivity contribution in [2.24, 2.45) is 0 Å². The highest BCUT2D eigenvalue weighted by molar-refractivity contribution is 7.99. The summed E-state index contributed by atoms with van der Waals surface area (Å²) in [5, 5.41) is 14.1. The van der Waals surface area contributed by atoms with Crippen LogP contribution in [0.1, 0.15) is 116 Å². The molecule has 127 heavy (non-hydrogen) atoms. The molecule has 20 heteroatoms. The number of hydrogen-bond acceptors (Lipinski definition) is 20. The van der Waals surface area contributed by atoms with Crippen molar-refractivity contribution in [3.05, 3.63) is 287 Å². The zero-order chi connectivity index (χ0) is 88.9. The third-order valence-electron chi connectivity index (χ3n) is 22.5. The molecule has 0 bridgehead atoms. The Morgan fingerprint density at radius 2 is 0.504 bits per heavy atom. The van der Waals surface area contributed by atoms with Crippen molar-refractivity contribution in [3.8, 4) is 0 Å². The Bertz CT molecular complexity index is 3660. The molecule has 4 fully saturated rings. The predicted molar refractivity (Wildman–Crippen MR) is 566 cm³/mol. The molecule has 0 aliphatic carbocycles. The van der Waals surface area contributed by atoms with Crippen molar-refractivity contribution in [1.82, 2.24) is 60.5 Å². The van der Waals surface area contributed by atoms with E-state index >= 15 is 0 Å². The first-order valence-electron chi connectivity index (χ1n) is 48.3. The van der Waals surface area contributed by atoms with Crippen LogP contribution < -0.4 is 21.3 Å². The smallest absolute Gasteiger partial charge is 0.0594 e. The zero-order valence-corrected chi connectivity index (χ0v) is 83.7. The second kappa shape index (κ2) is 77.7. The molecule has 8 aromatic carbocycles. The summed E-state index contributed by atoms with van der Waals surface area (Å²) in [6.45, 7) is 39.8. The number of hydrogen-bond donors (Lipinski definition) is 4.